The molecular formula is C13H12F3N3O. The highest BCUT2D eigenvalue weighted by atomic mass is 19.4. The van der Waals surface area contributed by atoms with Crippen LogP contribution in [0.1, 0.15) is 11.3 Å². The number of para-hydroxylation sites is 1. The molecule has 1 aromatic carbocycles. The molecule has 1 heterocycles. The van der Waals surface area contributed by atoms with Gasteiger partial charge in [-0.1, -0.05) is 18.2 Å². The van der Waals surface area contributed by atoms with Crippen molar-refractivity contribution in [2.75, 3.05) is 5.32 Å². The van der Waals surface area contributed by atoms with Crippen molar-refractivity contribution in [1.29, 1.82) is 0 Å². The zero-order valence-corrected chi connectivity index (χ0v) is 10.6. The molecule has 0 saturated carbocycles. The zero-order chi connectivity index (χ0) is 14.8. The molecule has 0 fully saturated rings. The van der Waals surface area contributed by atoms with Gasteiger partial charge in [-0.2, -0.15) is 18.3 Å². The van der Waals surface area contributed by atoms with E-state index in [1.165, 1.54) is 0 Å². The Kier molecular flexibility index (Phi) is 3.78. The van der Waals surface area contributed by atoms with Crippen LogP contribution in [0, 0.1) is 6.92 Å². The molecule has 2 aromatic rings. The van der Waals surface area contributed by atoms with Crippen LogP contribution in [0.5, 0.6) is 0 Å². The summed E-state index contributed by atoms with van der Waals surface area (Å²) < 4.78 is 38.0. The third-order valence-corrected chi connectivity index (χ3v) is 2.66. The summed E-state index contributed by atoms with van der Waals surface area (Å²) >= 11 is 0. The first-order valence-corrected chi connectivity index (χ1v) is 5.82. The molecule has 20 heavy (non-hydrogen) atoms. The lowest BCUT2D eigenvalue weighted by atomic mass is 10.2. The highest BCUT2D eigenvalue weighted by Gasteiger charge is 2.33. The van der Waals surface area contributed by atoms with E-state index in [1.807, 2.05) is 19.1 Å². The number of halogens is 3. The fourth-order valence-corrected chi connectivity index (χ4v) is 1.65. The number of aromatic nitrogens is 2. The number of benzene rings is 1. The lowest BCUT2D eigenvalue weighted by Crippen LogP contribution is -2.20. The van der Waals surface area contributed by atoms with E-state index in [-0.39, 0.29) is 6.54 Å². The number of amides is 1. The molecular weight excluding hydrogens is 271 g/mol. The number of nitrogens with zero attached hydrogens (tertiary/aromatic N) is 2. The average molecular weight is 283 g/mol. The first-order chi connectivity index (χ1) is 9.36. The third-order valence-electron chi connectivity index (χ3n) is 2.66. The zero-order valence-electron chi connectivity index (χ0n) is 10.6. The van der Waals surface area contributed by atoms with Gasteiger partial charge in [0, 0.05) is 11.9 Å². The Bertz CT molecular complexity index is 619. The van der Waals surface area contributed by atoms with Crippen molar-refractivity contribution >= 4 is 11.6 Å². The molecule has 0 spiro atoms. The second-order valence-corrected chi connectivity index (χ2v) is 4.26. The number of alkyl halides is 3. The number of carbonyl (C=O) groups is 1. The quantitative estimate of drug-likeness (QED) is 0.941. The number of nitrogens with one attached hydrogen (secondary N) is 1. The van der Waals surface area contributed by atoms with E-state index in [1.54, 1.807) is 12.1 Å². The summed E-state index contributed by atoms with van der Waals surface area (Å²) in [5, 5.41) is 5.94. The normalized spacial score (nSPS) is 11.4. The maximum atomic E-state index is 12.4. The van der Waals surface area contributed by atoms with E-state index in [0.717, 1.165) is 22.5 Å². The maximum Gasteiger partial charge on any atom is 0.435 e. The molecule has 0 unspecified atom stereocenters. The number of anilines is 1. The standard InChI is InChI=1S/C13H12F3N3O/c1-9-4-2-3-5-10(9)17-12(20)8-19-7-6-11(18-19)13(14,15)16/h2-7H,8H2,1H3,(H,17,20). The summed E-state index contributed by atoms with van der Waals surface area (Å²) in [5.74, 6) is -0.434. The molecule has 0 atom stereocenters. The summed E-state index contributed by atoms with van der Waals surface area (Å²) in [7, 11) is 0. The van der Waals surface area contributed by atoms with Gasteiger partial charge in [-0.25, -0.2) is 0 Å². The SMILES string of the molecule is Cc1ccccc1NC(=O)Cn1ccc(C(F)(F)F)n1. The van der Waals surface area contributed by atoms with Crippen molar-refractivity contribution in [3.63, 3.8) is 0 Å². The van der Waals surface area contributed by atoms with Crippen molar-refractivity contribution in [1.82, 2.24) is 9.78 Å². The Morgan fingerprint density at radius 2 is 2.00 bits per heavy atom. The average Bonchev–Trinajstić information content (AvgIpc) is 2.80. The van der Waals surface area contributed by atoms with E-state index in [9.17, 15) is 18.0 Å². The Hall–Kier alpha value is -2.31. The fourth-order valence-electron chi connectivity index (χ4n) is 1.65. The van der Waals surface area contributed by atoms with Gasteiger partial charge in [-0.05, 0) is 24.6 Å². The van der Waals surface area contributed by atoms with Crippen molar-refractivity contribution in [3.05, 3.63) is 47.8 Å². The summed E-state index contributed by atoms with van der Waals surface area (Å²) in [6.07, 6.45) is -3.38. The third kappa shape index (κ3) is 3.37. The minimum absolute atomic E-state index is 0.273. The Labute approximate surface area is 113 Å². The highest BCUT2D eigenvalue weighted by molar-refractivity contribution is 5.91. The first kappa shape index (κ1) is 14.1. The van der Waals surface area contributed by atoms with Crippen LogP contribution in [0.2, 0.25) is 0 Å². The van der Waals surface area contributed by atoms with Crippen LogP contribution in [0.15, 0.2) is 36.5 Å². The largest absolute Gasteiger partial charge is 0.435 e. The van der Waals surface area contributed by atoms with Crippen molar-refractivity contribution in [2.45, 2.75) is 19.6 Å². The van der Waals surface area contributed by atoms with Crippen molar-refractivity contribution < 1.29 is 18.0 Å². The molecule has 2 rings (SSSR count). The molecule has 0 radical (unpaired) electrons. The van der Waals surface area contributed by atoms with Gasteiger partial charge in [0.1, 0.15) is 6.54 Å². The second kappa shape index (κ2) is 5.36. The van der Waals surface area contributed by atoms with Crippen LogP contribution in [0.25, 0.3) is 0 Å². The topological polar surface area (TPSA) is 46.9 Å². The number of aryl methyl sites for hydroxylation is 1. The second-order valence-electron chi connectivity index (χ2n) is 4.26. The molecule has 7 heteroatoms. The highest BCUT2D eigenvalue weighted by Crippen LogP contribution is 2.27. The molecule has 0 bridgehead atoms. The van der Waals surface area contributed by atoms with Crippen LogP contribution in [0.4, 0.5) is 18.9 Å². The Morgan fingerprint density at radius 3 is 2.60 bits per heavy atom. The molecule has 0 aliphatic carbocycles. The Morgan fingerprint density at radius 1 is 1.30 bits per heavy atom. The molecule has 4 nitrogen and oxygen atoms in total. The smallest absolute Gasteiger partial charge is 0.324 e. The van der Waals surface area contributed by atoms with E-state index >= 15 is 0 Å². The van der Waals surface area contributed by atoms with Crippen LogP contribution in [-0.2, 0) is 17.5 Å². The van der Waals surface area contributed by atoms with Gasteiger partial charge in [-0.15, -0.1) is 0 Å². The van der Waals surface area contributed by atoms with Crippen LogP contribution in [-0.4, -0.2) is 15.7 Å². The van der Waals surface area contributed by atoms with Gasteiger partial charge in [0.05, 0.1) is 0 Å². The molecule has 1 aromatic heterocycles. The van der Waals surface area contributed by atoms with E-state index in [4.69, 9.17) is 0 Å². The van der Waals surface area contributed by atoms with Crippen LogP contribution in [0.3, 0.4) is 0 Å². The minimum atomic E-state index is -4.50. The van der Waals surface area contributed by atoms with Gasteiger partial charge < -0.3 is 5.32 Å². The van der Waals surface area contributed by atoms with E-state index in [0.29, 0.717) is 5.69 Å². The molecule has 1 amide bonds. The molecule has 0 aliphatic rings. The predicted molar refractivity (Wildman–Crippen MR) is 67.0 cm³/mol. The molecule has 0 aliphatic heterocycles. The summed E-state index contributed by atoms with van der Waals surface area (Å²) in [6.45, 7) is 1.55. The molecule has 1 N–H and O–H groups in total. The summed E-state index contributed by atoms with van der Waals surface area (Å²) in [6, 6.07) is 7.97. The van der Waals surface area contributed by atoms with Gasteiger partial charge in [0.25, 0.3) is 0 Å². The Balaban J connectivity index is 2.02. The minimum Gasteiger partial charge on any atom is -0.324 e. The number of hydrogen-bond acceptors (Lipinski definition) is 2. The van der Waals surface area contributed by atoms with Gasteiger partial charge in [-0.3, -0.25) is 9.48 Å². The molecule has 106 valence electrons. The van der Waals surface area contributed by atoms with Crippen LogP contribution >= 0.6 is 0 Å². The van der Waals surface area contributed by atoms with Crippen molar-refractivity contribution in [3.8, 4) is 0 Å². The lowest BCUT2D eigenvalue weighted by molar-refractivity contribution is -0.141. The van der Waals surface area contributed by atoms with Gasteiger partial charge in [0.15, 0.2) is 5.69 Å². The van der Waals surface area contributed by atoms with Crippen LogP contribution < -0.4 is 5.32 Å². The van der Waals surface area contributed by atoms with Crippen molar-refractivity contribution in [2.24, 2.45) is 0 Å². The first-order valence-electron chi connectivity index (χ1n) is 5.82. The lowest BCUT2D eigenvalue weighted by Gasteiger charge is -2.08. The monoisotopic (exact) mass is 283 g/mol. The van der Waals surface area contributed by atoms with Gasteiger partial charge >= 0.3 is 6.18 Å². The summed E-state index contributed by atoms with van der Waals surface area (Å²) in [5.41, 5.74) is 0.485. The van der Waals surface area contributed by atoms with Gasteiger partial charge in [0.2, 0.25) is 5.91 Å². The molecule has 0 saturated heterocycles. The number of hydrogen-bond donors (Lipinski definition) is 1. The maximum absolute atomic E-state index is 12.4. The summed E-state index contributed by atoms with van der Waals surface area (Å²) in [4.78, 5) is 11.7. The number of rotatable bonds is 3. The van der Waals surface area contributed by atoms with E-state index in [2.05, 4.69) is 10.4 Å². The van der Waals surface area contributed by atoms with E-state index < -0.39 is 17.8 Å². The fraction of sp³-hybridized carbons (Fsp3) is 0.231. The number of carbonyl (C=O) groups excluding carboxylic acids is 1. The predicted octanol–water partition coefficient (Wildman–Crippen LogP) is 2.85.